The highest BCUT2D eigenvalue weighted by atomic mass is 32.3. The normalized spacial score (nSPS) is 42.4. The highest BCUT2D eigenvalue weighted by Gasteiger charge is 2.59. The summed E-state index contributed by atoms with van der Waals surface area (Å²) < 4.78 is 92.9. The van der Waals surface area contributed by atoms with Gasteiger partial charge in [0, 0.05) is 6.92 Å². The van der Waals surface area contributed by atoms with Gasteiger partial charge in [0.05, 0.1) is 33.0 Å². The van der Waals surface area contributed by atoms with Gasteiger partial charge >= 0.3 is 22.3 Å². The highest BCUT2D eigenvalue weighted by Crippen LogP contribution is 2.37. The second kappa shape index (κ2) is 25.9. The predicted octanol–water partition coefficient (Wildman–Crippen LogP) is -12.6. The van der Waals surface area contributed by atoms with Gasteiger partial charge in [-0.3, -0.25) is 9.35 Å². The van der Waals surface area contributed by atoms with Gasteiger partial charge in [0.1, 0.15) is 122 Å². The molecule has 37 heteroatoms. The van der Waals surface area contributed by atoms with Gasteiger partial charge in [-0.05, 0) is 0 Å². The van der Waals surface area contributed by atoms with Gasteiger partial charge in [0.15, 0.2) is 37.0 Å². The van der Waals surface area contributed by atoms with Gasteiger partial charge < -0.3 is 145 Å². The van der Waals surface area contributed by atoms with Crippen molar-refractivity contribution in [3.8, 4) is 0 Å². The Morgan fingerprint density at radius 3 is 1.54 bits per heavy atom. The van der Waals surface area contributed by atoms with E-state index in [1.165, 1.54) is 0 Å². The van der Waals surface area contributed by atoms with Crippen LogP contribution in [0.15, 0.2) is 11.5 Å². The van der Waals surface area contributed by atoms with Gasteiger partial charge in [0.2, 0.25) is 18.0 Å². The molecule has 36 nitrogen and oxygen atoms in total. The summed E-state index contributed by atoms with van der Waals surface area (Å²) in [6.07, 6.45) is -56.2. The van der Waals surface area contributed by atoms with Crippen molar-refractivity contribution in [3.63, 3.8) is 0 Å². The van der Waals surface area contributed by atoms with E-state index < -0.39 is 232 Å². The number of carbonyl (C=O) groups excluding carboxylic acids is 1. The summed E-state index contributed by atoms with van der Waals surface area (Å²) in [7, 11) is -5.64. The molecule has 26 atom stereocenters. The summed E-state index contributed by atoms with van der Waals surface area (Å²) in [6, 6.07) is -2.18. The van der Waals surface area contributed by atoms with Crippen LogP contribution in [0.2, 0.25) is 0 Å². The van der Waals surface area contributed by atoms with Crippen LogP contribution in [0.1, 0.15) is 6.92 Å². The van der Waals surface area contributed by atoms with E-state index in [1.54, 1.807) is 0 Å². The third kappa shape index (κ3) is 13.7. The first-order valence-electron chi connectivity index (χ1n) is 21.9. The summed E-state index contributed by atoms with van der Waals surface area (Å²) in [5.74, 6) is -8.07. The quantitative estimate of drug-likeness (QED) is 0.0448. The van der Waals surface area contributed by atoms with Crippen molar-refractivity contribution in [1.29, 1.82) is 0 Å². The van der Waals surface area contributed by atoms with E-state index in [2.05, 4.69) is 9.50 Å². The fourth-order valence-electron chi connectivity index (χ4n) is 8.30. The Morgan fingerprint density at radius 2 is 1.07 bits per heavy atom. The fourth-order valence-corrected chi connectivity index (χ4v) is 8.82. The molecule has 0 aromatic heterocycles. The zero-order chi connectivity index (χ0) is 55.4. The van der Waals surface area contributed by atoms with Gasteiger partial charge in [-0.1, -0.05) is 0 Å². The van der Waals surface area contributed by atoms with Crippen LogP contribution in [0, 0.1) is 0 Å². The molecule has 5 aliphatic rings. The van der Waals surface area contributed by atoms with Gasteiger partial charge in [-0.2, -0.15) is 8.42 Å². The van der Waals surface area contributed by atoms with Crippen molar-refractivity contribution >= 4 is 28.2 Å². The lowest BCUT2D eigenvalue weighted by atomic mass is 9.94. The maximum Gasteiger partial charge on any atom is 0.397 e. The average molecular weight is 1110 g/mol. The van der Waals surface area contributed by atoms with Gasteiger partial charge in [0.25, 0.3) is 0 Å². The van der Waals surface area contributed by atoms with Crippen LogP contribution < -0.4 is 5.32 Å². The van der Waals surface area contributed by atoms with Crippen LogP contribution in [0.4, 0.5) is 0 Å². The first kappa shape index (κ1) is 61.5. The second-order valence-corrected chi connectivity index (χ2v) is 18.1. The lowest BCUT2D eigenvalue weighted by molar-refractivity contribution is -0.388. The first-order valence-corrected chi connectivity index (χ1v) is 23.2. The molecule has 5 rings (SSSR count). The van der Waals surface area contributed by atoms with E-state index in [1.807, 2.05) is 0 Å². The number of aliphatic carboxylic acids is 2. The number of carboxylic acid groups (broad SMARTS) is 2. The van der Waals surface area contributed by atoms with Gasteiger partial charge in [-0.15, -0.1) is 0 Å². The number of amides is 1. The molecule has 5 heterocycles. The summed E-state index contributed by atoms with van der Waals surface area (Å²) in [4.78, 5) is 37.2. The standard InChI is InChI=1S/C37H59NO35S/c1-7(44)38-13-25(67-34-19(52)16(49)17(50)29(71-34)31(56)57)24(73-74(60,61)62)12(6-43)65-33(13)70-28-18(51)20(53)35(72-30(28)32(58)59)68-26-14(47)11(5-42)64-37(22(26)55)69-27-15(48)10(4-41)63-36(21(27)54)66-23(8(45)2-39)9(46)3-40/h8-16,18-28,30,33-37,39-43,45-55H,2-6H2,1H3,(H,38,44)(H,56,57)(H,58,59)(H,60,61,62)/t8-,9+,10-,11-,12-,13-,14+,15+,16+,18-,19-,20-,21-,22-,23?,24+,25-,26+,27+,28+,30+,33+,34-,35-,36+,37+/m1/s1. The Labute approximate surface area is 415 Å². The van der Waals surface area contributed by atoms with Crippen molar-refractivity contribution in [3.05, 3.63) is 11.5 Å². The Morgan fingerprint density at radius 1 is 0.595 bits per heavy atom. The van der Waals surface area contributed by atoms with E-state index in [9.17, 15) is 119 Å². The zero-order valence-electron chi connectivity index (χ0n) is 38.0. The smallest absolute Gasteiger partial charge is 0.397 e. The van der Waals surface area contributed by atoms with E-state index in [-0.39, 0.29) is 0 Å². The Balaban J connectivity index is 1.42. The molecule has 0 aromatic rings. The second-order valence-electron chi connectivity index (χ2n) is 17.0. The largest absolute Gasteiger partial charge is 0.506 e. The number of ether oxygens (including phenoxy) is 10. The van der Waals surface area contributed by atoms with E-state index in [4.69, 9.17) is 47.4 Å². The minimum absolute atomic E-state index is 0.809. The number of hydrogen-bond acceptors (Lipinski definition) is 32. The molecule has 0 radical (unpaired) electrons. The number of aliphatic hydroxyl groups is 16. The minimum Gasteiger partial charge on any atom is -0.506 e. The number of hydrogen-bond donors (Lipinski definition) is 20. The van der Waals surface area contributed by atoms with Gasteiger partial charge in [-0.25, -0.2) is 13.8 Å². The van der Waals surface area contributed by atoms with Crippen LogP contribution >= 0.6 is 0 Å². The average Bonchev–Trinajstić information content (AvgIpc) is 3.34. The minimum atomic E-state index is -5.64. The first-order chi connectivity index (χ1) is 34.6. The lowest BCUT2D eigenvalue weighted by Crippen LogP contribution is -2.70. The lowest BCUT2D eigenvalue weighted by Gasteiger charge is -2.50. The summed E-state index contributed by atoms with van der Waals surface area (Å²) in [5.41, 5.74) is 0. The third-order valence-electron chi connectivity index (χ3n) is 12.0. The summed E-state index contributed by atoms with van der Waals surface area (Å²) in [6.45, 7) is -4.84. The number of rotatable bonds is 22. The SMILES string of the molecule is CC(=O)N[C@H]1[C@H](O[C@H]2[C@H](O)[C@@H](O)[C@H](O[C@H]3[C@@H](O)[C@@H](CO)O[C@@H](O[C@H]4[C@@H](O)[C@@H](CO)O[C@@H](OC([C@H](O)CO)[C@@H](O)CO)[C@@H]4O)[C@@H]3O)O[C@@H]2C(=O)O)O[C@H](CO)[C@H](OS(=O)(=O)O)[C@@H]1O[C@@H]1OC(C(=O)O)=C(O)[C@H](O)[C@H]1O. The molecule has 1 unspecified atom stereocenters. The van der Waals surface area contributed by atoms with Crippen molar-refractivity contribution in [2.45, 2.75) is 166 Å². The van der Waals surface area contributed by atoms with Crippen LogP contribution in [-0.2, 0) is 76.3 Å². The molecule has 428 valence electrons. The van der Waals surface area contributed by atoms with Crippen LogP contribution in [0.3, 0.4) is 0 Å². The molecule has 5 aliphatic heterocycles. The Bertz CT molecular complexity index is 2010. The molecule has 0 bridgehead atoms. The molecular formula is C37H59NO35S. The fraction of sp³-hybridized carbons (Fsp3) is 0.865. The molecule has 0 aliphatic carbocycles. The van der Waals surface area contributed by atoms with Crippen LogP contribution in [-0.4, -0.2) is 315 Å². The maximum absolute atomic E-state index is 12.8. The molecule has 0 saturated carbocycles. The topological polar surface area (TPSA) is 583 Å². The van der Waals surface area contributed by atoms with E-state index in [0.29, 0.717) is 0 Å². The Hall–Kier alpha value is -3.34. The third-order valence-corrected chi connectivity index (χ3v) is 12.5. The maximum atomic E-state index is 12.8. The number of nitrogens with one attached hydrogen (secondary N) is 1. The van der Waals surface area contributed by atoms with Crippen molar-refractivity contribution in [2.75, 3.05) is 33.0 Å². The predicted molar refractivity (Wildman–Crippen MR) is 218 cm³/mol. The van der Waals surface area contributed by atoms with Crippen LogP contribution in [0.25, 0.3) is 0 Å². The Kier molecular flexibility index (Phi) is 21.5. The number of aliphatic hydroxyl groups excluding tert-OH is 16. The number of carbonyl (C=O) groups is 3. The molecule has 74 heavy (non-hydrogen) atoms. The van der Waals surface area contributed by atoms with E-state index in [0.717, 1.165) is 6.92 Å². The summed E-state index contributed by atoms with van der Waals surface area (Å²) >= 11 is 0. The van der Waals surface area contributed by atoms with E-state index >= 15 is 0 Å². The molecular weight excluding hydrogens is 1050 g/mol. The van der Waals surface area contributed by atoms with Crippen molar-refractivity contribution in [2.24, 2.45) is 0 Å². The van der Waals surface area contributed by atoms with Crippen molar-refractivity contribution in [1.82, 2.24) is 5.32 Å². The zero-order valence-corrected chi connectivity index (χ0v) is 38.8. The van der Waals surface area contributed by atoms with Crippen LogP contribution in [0.5, 0.6) is 0 Å². The monoisotopic (exact) mass is 1110 g/mol. The molecule has 20 N–H and O–H groups in total. The highest BCUT2D eigenvalue weighted by molar-refractivity contribution is 7.80. The molecule has 4 saturated heterocycles. The molecule has 0 aromatic carbocycles. The summed E-state index contributed by atoms with van der Waals surface area (Å²) in [5, 5.41) is 190. The van der Waals surface area contributed by atoms with Crippen molar-refractivity contribution < 1.29 is 171 Å². The molecule has 4 fully saturated rings. The number of carboxylic acids is 2. The molecule has 1 amide bonds. The molecule has 0 spiro atoms.